The van der Waals surface area contributed by atoms with E-state index >= 15 is 0 Å². The maximum atomic E-state index is 12.0. The van der Waals surface area contributed by atoms with Crippen molar-refractivity contribution in [3.8, 4) is 6.07 Å². The van der Waals surface area contributed by atoms with E-state index in [1.165, 1.54) is 24.9 Å². The number of aromatic amines is 1. The summed E-state index contributed by atoms with van der Waals surface area (Å²) < 4.78 is 0. The number of aromatic nitrogens is 1. The normalized spacial score (nSPS) is 17.4. The maximum Gasteiger partial charge on any atom is 0.257 e. The van der Waals surface area contributed by atoms with Gasteiger partial charge in [-0.2, -0.15) is 5.26 Å². The van der Waals surface area contributed by atoms with Crippen LogP contribution in [0.5, 0.6) is 0 Å². The maximum absolute atomic E-state index is 12.0. The molecule has 1 saturated carbocycles. The largest absolute Gasteiger partial charge is 0.367 e. The Balaban J connectivity index is 2.06. The highest BCUT2D eigenvalue weighted by molar-refractivity contribution is 5.94. The van der Waals surface area contributed by atoms with Gasteiger partial charge in [-0.3, -0.25) is 9.59 Å². The van der Waals surface area contributed by atoms with Crippen molar-refractivity contribution in [3.05, 3.63) is 34.2 Å². The molecule has 0 saturated heterocycles. The summed E-state index contributed by atoms with van der Waals surface area (Å²) in [6.45, 7) is 0. The third kappa shape index (κ3) is 3.22. The first kappa shape index (κ1) is 13.3. The van der Waals surface area contributed by atoms with Gasteiger partial charge in [-0.1, -0.05) is 19.3 Å². The number of nitriles is 1. The lowest BCUT2D eigenvalue weighted by Gasteiger charge is -2.26. The molecule has 1 atom stereocenters. The van der Waals surface area contributed by atoms with Crippen molar-refractivity contribution < 1.29 is 4.79 Å². The lowest BCUT2D eigenvalue weighted by Crippen LogP contribution is -2.41. The molecule has 1 amide bonds. The fraction of sp³-hybridized carbons (Fsp3) is 0.500. The van der Waals surface area contributed by atoms with E-state index in [1.807, 2.05) is 0 Å². The molecule has 2 rings (SSSR count). The number of H-pyrrole nitrogens is 1. The topological polar surface area (TPSA) is 85.8 Å². The highest BCUT2D eigenvalue weighted by atomic mass is 16.2. The third-order valence-electron chi connectivity index (χ3n) is 3.62. The molecule has 0 aliphatic heterocycles. The molecule has 0 aromatic carbocycles. The SMILES string of the molecule is N#CC(NC(=O)c1c[nH]ccc1=O)C1CCCCC1. The van der Waals surface area contributed by atoms with Crippen LogP contribution in [-0.2, 0) is 0 Å². The van der Waals surface area contributed by atoms with Crippen LogP contribution in [-0.4, -0.2) is 16.9 Å². The number of hydrogen-bond acceptors (Lipinski definition) is 3. The molecule has 0 spiro atoms. The van der Waals surface area contributed by atoms with Gasteiger partial charge >= 0.3 is 0 Å². The summed E-state index contributed by atoms with van der Waals surface area (Å²) in [4.78, 5) is 26.2. The average molecular weight is 259 g/mol. The van der Waals surface area contributed by atoms with Gasteiger partial charge in [0.2, 0.25) is 0 Å². The molecular formula is C14H17N3O2. The molecule has 1 heterocycles. The number of pyridine rings is 1. The molecule has 1 unspecified atom stereocenters. The van der Waals surface area contributed by atoms with Crippen molar-refractivity contribution in [1.29, 1.82) is 5.26 Å². The van der Waals surface area contributed by atoms with Gasteiger partial charge < -0.3 is 10.3 Å². The fourth-order valence-corrected chi connectivity index (χ4v) is 2.54. The Bertz CT molecular complexity index is 538. The number of carbonyl (C=O) groups excluding carboxylic acids is 1. The lowest BCUT2D eigenvalue weighted by molar-refractivity contribution is 0.0927. The molecule has 1 aromatic heterocycles. The molecule has 2 N–H and O–H groups in total. The third-order valence-corrected chi connectivity index (χ3v) is 3.62. The van der Waals surface area contributed by atoms with E-state index in [-0.39, 0.29) is 16.9 Å². The first-order valence-corrected chi connectivity index (χ1v) is 6.60. The van der Waals surface area contributed by atoms with Gasteiger partial charge in [0.05, 0.1) is 6.07 Å². The Morgan fingerprint density at radius 3 is 2.79 bits per heavy atom. The Labute approximate surface area is 111 Å². The molecule has 0 radical (unpaired) electrons. The van der Waals surface area contributed by atoms with E-state index in [1.54, 1.807) is 0 Å². The summed E-state index contributed by atoms with van der Waals surface area (Å²) in [6.07, 6.45) is 8.17. The molecular weight excluding hydrogens is 242 g/mol. The monoisotopic (exact) mass is 259 g/mol. The number of nitrogens with one attached hydrogen (secondary N) is 2. The summed E-state index contributed by atoms with van der Waals surface area (Å²) in [5, 5.41) is 11.9. The highest BCUT2D eigenvalue weighted by Crippen LogP contribution is 2.26. The Morgan fingerprint density at radius 2 is 2.16 bits per heavy atom. The van der Waals surface area contributed by atoms with Crippen LogP contribution >= 0.6 is 0 Å². The smallest absolute Gasteiger partial charge is 0.257 e. The zero-order valence-electron chi connectivity index (χ0n) is 10.7. The number of amides is 1. The van der Waals surface area contributed by atoms with E-state index in [2.05, 4.69) is 16.4 Å². The van der Waals surface area contributed by atoms with Crippen molar-refractivity contribution in [2.45, 2.75) is 38.1 Å². The molecule has 0 bridgehead atoms. The van der Waals surface area contributed by atoms with Crippen molar-refractivity contribution in [1.82, 2.24) is 10.3 Å². The van der Waals surface area contributed by atoms with Crippen molar-refractivity contribution in [2.24, 2.45) is 5.92 Å². The Kier molecular flexibility index (Phi) is 4.35. The van der Waals surface area contributed by atoms with Gasteiger partial charge in [-0.05, 0) is 18.8 Å². The summed E-state index contributed by atoms with van der Waals surface area (Å²) >= 11 is 0. The average Bonchev–Trinajstić information content (AvgIpc) is 2.46. The van der Waals surface area contributed by atoms with Crippen molar-refractivity contribution in [2.75, 3.05) is 0 Å². The Hall–Kier alpha value is -2.09. The highest BCUT2D eigenvalue weighted by Gasteiger charge is 2.25. The first-order chi connectivity index (χ1) is 9.22. The molecule has 1 fully saturated rings. The second-order valence-electron chi connectivity index (χ2n) is 4.90. The molecule has 19 heavy (non-hydrogen) atoms. The minimum absolute atomic E-state index is 0.0542. The van der Waals surface area contributed by atoms with E-state index in [0.717, 1.165) is 25.7 Å². The van der Waals surface area contributed by atoms with Crippen LogP contribution < -0.4 is 10.7 Å². The predicted molar refractivity (Wildman–Crippen MR) is 70.5 cm³/mol. The molecule has 5 nitrogen and oxygen atoms in total. The molecule has 100 valence electrons. The zero-order chi connectivity index (χ0) is 13.7. The van der Waals surface area contributed by atoms with E-state index in [0.29, 0.717) is 0 Å². The van der Waals surface area contributed by atoms with Crippen molar-refractivity contribution >= 4 is 5.91 Å². The van der Waals surface area contributed by atoms with Crippen LogP contribution in [0.15, 0.2) is 23.3 Å². The van der Waals surface area contributed by atoms with Crippen molar-refractivity contribution in [3.63, 3.8) is 0 Å². The van der Waals surface area contributed by atoms with Crippen LogP contribution in [0.1, 0.15) is 42.5 Å². The van der Waals surface area contributed by atoms with Crippen LogP contribution in [0, 0.1) is 17.2 Å². The summed E-state index contributed by atoms with van der Waals surface area (Å²) in [6, 6.07) is 2.94. The van der Waals surface area contributed by atoms with E-state index in [4.69, 9.17) is 0 Å². The molecule has 1 aliphatic carbocycles. The van der Waals surface area contributed by atoms with Gasteiger partial charge in [0.1, 0.15) is 11.6 Å². The quantitative estimate of drug-likeness (QED) is 0.864. The van der Waals surface area contributed by atoms with Crippen LogP contribution in [0.25, 0.3) is 0 Å². The second-order valence-corrected chi connectivity index (χ2v) is 4.90. The summed E-state index contributed by atoms with van der Waals surface area (Å²) in [5.41, 5.74) is -0.282. The van der Waals surface area contributed by atoms with Gasteiger partial charge in [0.15, 0.2) is 5.43 Å². The lowest BCUT2D eigenvalue weighted by atomic mass is 9.84. The van der Waals surface area contributed by atoms with Crippen LogP contribution in [0.3, 0.4) is 0 Å². The number of carbonyl (C=O) groups is 1. The van der Waals surface area contributed by atoms with Crippen LogP contribution in [0.2, 0.25) is 0 Å². The summed E-state index contributed by atoms with van der Waals surface area (Å²) in [7, 11) is 0. The van der Waals surface area contributed by atoms with Gasteiger partial charge in [-0.25, -0.2) is 0 Å². The van der Waals surface area contributed by atoms with E-state index < -0.39 is 11.9 Å². The van der Waals surface area contributed by atoms with E-state index in [9.17, 15) is 14.9 Å². The van der Waals surface area contributed by atoms with Gasteiger partial charge in [0, 0.05) is 18.5 Å². The second kappa shape index (κ2) is 6.19. The van der Waals surface area contributed by atoms with Gasteiger partial charge in [-0.15, -0.1) is 0 Å². The number of hydrogen-bond donors (Lipinski definition) is 2. The zero-order valence-corrected chi connectivity index (χ0v) is 10.7. The van der Waals surface area contributed by atoms with Crippen LogP contribution in [0.4, 0.5) is 0 Å². The minimum Gasteiger partial charge on any atom is -0.367 e. The standard InChI is InChI=1S/C14H17N3O2/c15-8-12(10-4-2-1-3-5-10)17-14(19)11-9-16-7-6-13(11)18/h6-7,9-10,12H,1-5H2,(H,16,18)(H,17,19). The minimum atomic E-state index is -0.507. The molecule has 1 aromatic rings. The number of rotatable bonds is 3. The Morgan fingerprint density at radius 1 is 1.42 bits per heavy atom. The summed E-state index contributed by atoms with van der Waals surface area (Å²) in [5.74, 6) is -0.274. The molecule has 5 heteroatoms. The fourth-order valence-electron chi connectivity index (χ4n) is 2.54. The van der Waals surface area contributed by atoms with Gasteiger partial charge in [0.25, 0.3) is 5.91 Å². The molecule has 1 aliphatic rings. The predicted octanol–water partition coefficient (Wildman–Crippen LogP) is 1.58. The first-order valence-electron chi connectivity index (χ1n) is 6.60. The number of nitrogens with zero attached hydrogens (tertiary/aromatic N) is 1.